The lowest BCUT2D eigenvalue weighted by Gasteiger charge is -2.30. The molecule has 170 valence electrons. The Morgan fingerprint density at radius 2 is 2.19 bits per heavy atom. The maximum absolute atomic E-state index is 14.6. The van der Waals surface area contributed by atoms with Crippen molar-refractivity contribution in [2.75, 3.05) is 42.7 Å². The summed E-state index contributed by atoms with van der Waals surface area (Å²) in [4.78, 5) is 17.4. The molecule has 1 aromatic carbocycles. The molecule has 1 saturated heterocycles. The second-order valence-electron chi connectivity index (χ2n) is 7.60. The first-order chi connectivity index (χ1) is 15.6. The van der Waals surface area contributed by atoms with Crippen LogP contribution in [0.3, 0.4) is 0 Å². The molecule has 0 bridgehead atoms. The molecule has 0 amide bonds. The Morgan fingerprint density at radius 3 is 2.91 bits per heavy atom. The van der Waals surface area contributed by atoms with Gasteiger partial charge in [0.05, 0.1) is 19.9 Å². The smallest absolute Gasteiger partial charge is 0.236 e. The lowest BCUT2D eigenvalue weighted by atomic mass is 10.2. The number of aromatic nitrogens is 3. The fourth-order valence-electron chi connectivity index (χ4n) is 4.01. The number of benzene rings is 1. The molecule has 0 aliphatic carbocycles. The van der Waals surface area contributed by atoms with E-state index in [0.717, 1.165) is 31.7 Å². The van der Waals surface area contributed by atoms with Crippen molar-refractivity contribution in [2.24, 2.45) is 0 Å². The molecule has 10 heteroatoms. The van der Waals surface area contributed by atoms with Crippen molar-refractivity contribution < 1.29 is 13.5 Å². The van der Waals surface area contributed by atoms with Crippen LogP contribution in [-0.2, 0) is 6.54 Å². The predicted molar refractivity (Wildman–Crippen MR) is 121 cm³/mol. The van der Waals surface area contributed by atoms with Gasteiger partial charge in [0.15, 0.2) is 11.6 Å². The minimum absolute atomic E-state index is 0.0784. The summed E-state index contributed by atoms with van der Waals surface area (Å²) >= 11 is 0. The summed E-state index contributed by atoms with van der Waals surface area (Å²) in [5.74, 6) is 1.22. The van der Waals surface area contributed by atoms with Crippen LogP contribution < -0.4 is 20.7 Å². The zero-order valence-corrected chi connectivity index (χ0v) is 18.3. The number of anilines is 4. The van der Waals surface area contributed by atoms with Gasteiger partial charge in [0.2, 0.25) is 17.8 Å². The van der Waals surface area contributed by atoms with E-state index in [-0.39, 0.29) is 11.7 Å². The lowest BCUT2D eigenvalue weighted by Crippen LogP contribution is -2.39. The number of nitrogen functional groups attached to an aromatic ring is 1. The van der Waals surface area contributed by atoms with Crippen molar-refractivity contribution in [3.05, 3.63) is 48.2 Å². The molecule has 1 atom stereocenters. The van der Waals surface area contributed by atoms with Gasteiger partial charge in [-0.15, -0.1) is 0 Å². The van der Waals surface area contributed by atoms with Gasteiger partial charge in [-0.3, -0.25) is 4.90 Å². The van der Waals surface area contributed by atoms with E-state index in [2.05, 4.69) is 32.1 Å². The van der Waals surface area contributed by atoms with Crippen molar-refractivity contribution in [1.29, 1.82) is 0 Å². The number of hydrogen-bond acceptors (Lipinski definition) is 9. The Hall–Kier alpha value is -3.40. The highest BCUT2D eigenvalue weighted by Crippen LogP contribution is 2.30. The van der Waals surface area contributed by atoms with Gasteiger partial charge in [0.25, 0.3) is 0 Å². The van der Waals surface area contributed by atoms with Gasteiger partial charge < -0.3 is 25.1 Å². The molecule has 1 aliphatic heterocycles. The zero-order chi connectivity index (χ0) is 22.5. The van der Waals surface area contributed by atoms with Gasteiger partial charge in [-0.1, -0.05) is 6.92 Å². The Morgan fingerprint density at radius 1 is 1.31 bits per heavy atom. The summed E-state index contributed by atoms with van der Waals surface area (Å²) in [5.41, 5.74) is 6.62. The minimum Gasteiger partial charge on any atom is -0.494 e. The molecule has 1 aliphatic rings. The number of furan rings is 1. The van der Waals surface area contributed by atoms with Crippen LogP contribution in [0.1, 0.15) is 25.5 Å². The molecule has 4 rings (SSSR count). The standard InChI is InChI=1S/C22H28FN7O2/c1-3-29-10-4-6-16(29)14-30(15-8-9-19(31-2)18(23)12-15)22-27-20(24)26-21(28-22)25-13-17-7-5-11-32-17/h5,7-9,11-12,16H,3-4,6,10,13-14H2,1-2H3,(H3,24,25,26,27,28). The Kier molecular flexibility index (Phi) is 6.69. The third-order valence-electron chi connectivity index (χ3n) is 5.63. The summed E-state index contributed by atoms with van der Waals surface area (Å²) < 4.78 is 25.0. The van der Waals surface area contributed by atoms with Crippen LogP contribution in [-0.4, -0.2) is 52.6 Å². The molecule has 3 N–H and O–H groups in total. The first-order valence-corrected chi connectivity index (χ1v) is 10.7. The highest BCUT2D eigenvalue weighted by Gasteiger charge is 2.28. The van der Waals surface area contributed by atoms with Crippen LogP contribution in [0, 0.1) is 5.82 Å². The van der Waals surface area contributed by atoms with E-state index >= 15 is 0 Å². The number of nitrogens with zero attached hydrogens (tertiary/aromatic N) is 5. The largest absolute Gasteiger partial charge is 0.494 e. The number of rotatable bonds is 9. The summed E-state index contributed by atoms with van der Waals surface area (Å²) in [6, 6.07) is 8.78. The molecule has 2 aromatic heterocycles. The average molecular weight is 442 g/mol. The van der Waals surface area contributed by atoms with Gasteiger partial charge in [-0.2, -0.15) is 15.0 Å². The van der Waals surface area contributed by atoms with Crippen molar-refractivity contribution in [2.45, 2.75) is 32.4 Å². The van der Waals surface area contributed by atoms with E-state index in [1.165, 1.54) is 13.2 Å². The number of likely N-dealkylation sites (N-methyl/N-ethyl adjacent to an activating group) is 1. The number of ether oxygens (including phenoxy) is 1. The van der Waals surface area contributed by atoms with Gasteiger partial charge in [-0.05, 0) is 50.2 Å². The molecule has 1 fully saturated rings. The molecule has 32 heavy (non-hydrogen) atoms. The highest BCUT2D eigenvalue weighted by atomic mass is 19.1. The van der Waals surface area contributed by atoms with Crippen molar-refractivity contribution in [3.63, 3.8) is 0 Å². The number of nitrogens with one attached hydrogen (secondary N) is 1. The quantitative estimate of drug-likeness (QED) is 0.516. The van der Waals surface area contributed by atoms with Crippen LogP contribution in [0.25, 0.3) is 0 Å². The fourth-order valence-corrected chi connectivity index (χ4v) is 4.01. The third-order valence-corrected chi connectivity index (χ3v) is 5.63. The van der Waals surface area contributed by atoms with Gasteiger partial charge in [0, 0.05) is 24.3 Å². The van der Waals surface area contributed by atoms with E-state index < -0.39 is 5.82 Å². The summed E-state index contributed by atoms with van der Waals surface area (Å²) in [7, 11) is 1.44. The third kappa shape index (κ3) is 4.91. The van der Waals surface area contributed by atoms with E-state index in [9.17, 15) is 4.39 Å². The molecular weight excluding hydrogens is 413 g/mol. The van der Waals surface area contributed by atoms with Gasteiger partial charge in [-0.25, -0.2) is 4.39 Å². The van der Waals surface area contributed by atoms with Crippen molar-refractivity contribution in [1.82, 2.24) is 19.9 Å². The Balaban J connectivity index is 1.66. The summed E-state index contributed by atoms with van der Waals surface area (Å²) in [6.07, 6.45) is 3.77. The average Bonchev–Trinajstić information content (AvgIpc) is 3.47. The summed E-state index contributed by atoms with van der Waals surface area (Å²) in [5, 5.41) is 3.11. The van der Waals surface area contributed by atoms with E-state index in [1.807, 2.05) is 17.0 Å². The van der Waals surface area contributed by atoms with E-state index in [1.54, 1.807) is 18.4 Å². The molecule has 0 saturated carbocycles. The maximum atomic E-state index is 14.6. The molecule has 1 unspecified atom stereocenters. The zero-order valence-electron chi connectivity index (χ0n) is 18.3. The van der Waals surface area contributed by atoms with Crippen LogP contribution in [0.5, 0.6) is 5.75 Å². The highest BCUT2D eigenvalue weighted by molar-refractivity contribution is 5.60. The number of likely N-dealkylation sites (tertiary alicyclic amines) is 1. The van der Waals surface area contributed by atoms with E-state index in [4.69, 9.17) is 14.9 Å². The van der Waals surface area contributed by atoms with Gasteiger partial charge in [0.1, 0.15) is 5.76 Å². The van der Waals surface area contributed by atoms with Crippen LogP contribution in [0.15, 0.2) is 41.0 Å². The second-order valence-corrected chi connectivity index (χ2v) is 7.60. The topological polar surface area (TPSA) is 106 Å². The molecular formula is C22H28FN7O2. The van der Waals surface area contributed by atoms with Crippen LogP contribution >= 0.6 is 0 Å². The fraction of sp³-hybridized carbons (Fsp3) is 0.409. The number of halogens is 1. The van der Waals surface area contributed by atoms with Crippen molar-refractivity contribution in [3.8, 4) is 5.75 Å². The first kappa shape index (κ1) is 21.8. The van der Waals surface area contributed by atoms with Crippen molar-refractivity contribution >= 4 is 23.5 Å². The number of methoxy groups -OCH3 is 1. The van der Waals surface area contributed by atoms with Crippen LogP contribution in [0.2, 0.25) is 0 Å². The predicted octanol–water partition coefficient (Wildman–Crippen LogP) is 3.43. The monoisotopic (exact) mass is 441 g/mol. The molecule has 0 spiro atoms. The number of nitrogens with two attached hydrogens (primary N) is 1. The molecule has 9 nitrogen and oxygen atoms in total. The lowest BCUT2D eigenvalue weighted by molar-refractivity contribution is 0.271. The second kappa shape index (κ2) is 9.82. The molecule has 3 aromatic rings. The first-order valence-electron chi connectivity index (χ1n) is 10.7. The minimum atomic E-state index is -0.452. The summed E-state index contributed by atoms with van der Waals surface area (Å²) in [6.45, 7) is 5.14. The Labute approximate surface area is 186 Å². The normalized spacial score (nSPS) is 16.3. The Bertz CT molecular complexity index is 1030. The van der Waals surface area contributed by atoms with Crippen LogP contribution in [0.4, 0.5) is 27.9 Å². The molecule has 3 heterocycles. The molecule has 0 radical (unpaired) electrons. The number of hydrogen-bond donors (Lipinski definition) is 2. The maximum Gasteiger partial charge on any atom is 0.236 e. The van der Waals surface area contributed by atoms with E-state index in [0.29, 0.717) is 36.7 Å². The van der Waals surface area contributed by atoms with Gasteiger partial charge >= 0.3 is 0 Å². The SMILES string of the molecule is CCN1CCCC1CN(c1ccc(OC)c(F)c1)c1nc(N)nc(NCc2ccco2)n1.